The van der Waals surface area contributed by atoms with E-state index in [1.54, 1.807) is 0 Å². The molecule has 1 amide bonds. The lowest BCUT2D eigenvalue weighted by Gasteiger charge is -2.23. The zero-order chi connectivity index (χ0) is 8.10. The highest BCUT2D eigenvalue weighted by molar-refractivity contribution is 5.79. The molecule has 0 aromatic carbocycles. The van der Waals surface area contributed by atoms with Crippen molar-refractivity contribution in [2.75, 3.05) is 6.54 Å². The third-order valence-corrected chi connectivity index (χ3v) is 2.04. The molecule has 0 aromatic heterocycles. The van der Waals surface area contributed by atoms with Crippen molar-refractivity contribution in [3.05, 3.63) is 0 Å². The summed E-state index contributed by atoms with van der Waals surface area (Å²) in [4.78, 5) is 11.1. The first kappa shape index (κ1) is 8.13. The van der Waals surface area contributed by atoms with Gasteiger partial charge in [-0.1, -0.05) is 6.42 Å². The van der Waals surface area contributed by atoms with E-state index >= 15 is 0 Å². The van der Waals surface area contributed by atoms with E-state index in [1.165, 1.54) is 6.42 Å². The second-order valence-corrected chi connectivity index (χ2v) is 2.87. The van der Waals surface area contributed by atoms with Gasteiger partial charge in [0, 0.05) is 18.9 Å². The van der Waals surface area contributed by atoms with Crippen molar-refractivity contribution < 1.29 is 4.79 Å². The Labute approximate surface area is 67.4 Å². The van der Waals surface area contributed by atoms with Crippen LogP contribution in [-0.2, 0) is 4.79 Å². The molecule has 1 rings (SSSR count). The highest BCUT2D eigenvalue weighted by Gasteiger charge is 2.24. The molecule has 1 aliphatic rings. The van der Waals surface area contributed by atoms with Crippen LogP contribution in [0, 0.1) is 18.3 Å². The van der Waals surface area contributed by atoms with Gasteiger partial charge < -0.3 is 5.32 Å². The Morgan fingerprint density at radius 3 is 2.82 bits per heavy atom. The van der Waals surface area contributed by atoms with Crippen LogP contribution < -0.4 is 5.32 Å². The van der Waals surface area contributed by atoms with Crippen LogP contribution in [0.15, 0.2) is 0 Å². The van der Waals surface area contributed by atoms with Crippen molar-refractivity contribution in [1.82, 2.24) is 5.32 Å². The summed E-state index contributed by atoms with van der Waals surface area (Å²) >= 11 is 0. The predicted octanol–water partition coefficient (Wildman–Crippen LogP) is 0.926. The van der Waals surface area contributed by atoms with Crippen molar-refractivity contribution in [2.24, 2.45) is 5.92 Å². The maximum Gasteiger partial charge on any atom is 0.223 e. The van der Waals surface area contributed by atoms with Crippen molar-refractivity contribution in [2.45, 2.75) is 25.7 Å². The molecule has 11 heavy (non-hydrogen) atoms. The van der Waals surface area contributed by atoms with E-state index in [-0.39, 0.29) is 11.8 Å². The molecule has 0 spiro atoms. The molecule has 0 aliphatic heterocycles. The molecule has 0 heterocycles. The van der Waals surface area contributed by atoms with E-state index in [4.69, 9.17) is 6.42 Å². The smallest absolute Gasteiger partial charge is 0.223 e. The molecule has 0 saturated heterocycles. The molecule has 1 aliphatic carbocycles. The maximum absolute atomic E-state index is 11.1. The normalized spacial score (nSPS) is 16.6. The number of hydrogen-bond acceptors (Lipinski definition) is 1. The summed E-state index contributed by atoms with van der Waals surface area (Å²) in [6, 6.07) is 0. The molecule has 2 nitrogen and oxygen atoms in total. The minimum atomic E-state index is 0.187. The maximum atomic E-state index is 11.1. The first-order valence-corrected chi connectivity index (χ1v) is 4.06. The monoisotopic (exact) mass is 151 g/mol. The molecular formula is C9H13NO. The van der Waals surface area contributed by atoms with Crippen LogP contribution in [-0.4, -0.2) is 12.5 Å². The van der Waals surface area contributed by atoms with Crippen LogP contribution in [0.3, 0.4) is 0 Å². The van der Waals surface area contributed by atoms with E-state index < -0.39 is 0 Å². The van der Waals surface area contributed by atoms with Gasteiger partial charge in [0.15, 0.2) is 0 Å². The zero-order valence-corrected chi connectivity index (χ0v) is 6.60. The lowest BCUT2D eigenvalue weighted by atomic mass is 9.85. The molecule has 1 saturated carbocycles. The number of amides is 1. The summed E-state index contributed by atoms with van der Waals surface area (Å²) in [6.07, 6.45) is 8.99. The predicted molar refractivity (Wildman–Crippen MR) is 43.8 cm³/mol. The van der Waals surface area contributed by atoms with Crippen LogP contribution in [0.4, 0.5) is 0 Å². The fourth-order valence-electron chi connectivity index (χ4n) is 1.07. The number of hydrogen-bond donors (Lipinski definition) is 1. The average Bonchev–Trinajstić information content (AvgIpc) is 1.84. The third-order valence-electron chi connectivity index (χ3n) is 2.04. The molecule has 0 atom stereocenters. The Morgan fingerprint density at radius 1 is 1.64 bits per heavy atom. The minimum absolute atomic E-state index is 0.187. The molecule has 0 bridgehead atoms. The second kappa shape index (κ2) is 4.02. The molecule has 0 aromatic rings. The second-order valence-electron chi connectivity index (χ2n) is 2.87. The summed E-state index contributed by atoms with van der Waals surface area (Å²) in [5.74, 6) is 2.95. The van der Waals surface area contributed by atoms with Crippen LogP contribution in [0.2, 0.25) is 0 Å². The minimum Gasteiger partial charge on any atom is -0.355 e. The van der Waals surface area contributed by atoms with Crippen LogP contribution in [0.25, 0.3) is 0 Å². The number of carbonyl (C=O) groups is 1. The Morgan fingerprint density at radius 2 is 2.36 bits per heavy atom. The third kappa shape index (κ3) is 2.27. The van der Waals surface area contributed by atoms with Gasteiger partial charge in [0.05, 0.1) is 0 Å². The Balaban J connectivity index is 2.06. The molecule has 60 valence electrons. The van der Waals surface area contributed by atoms with Crippen LogP contribution >= 0.6 is 0 Å². The van der Waals surface area contributed by atoms with Crippen LogP contribution in [0.5, 0.6) is 0 Å². The lowest BCUT2D eigenvalue weighted by molar-refractivity contribution is -0.127. The Hall–Kier alpha value is -0.970. The summed E-state index contributed by atoms with van der Waals surface area (Å²) < 4.78 is 0. The van der Waals surface area contributed by atoms with Gasteiger partial charge in [0.2, 0.25) is 5.91 Å². The van der Waals surface area contributed by atoms with Crippen molar-refractivity contribution in [3.63, 3.8) is 0 Å². The fourth-order valence-corrected chi connectivity index (χ4v) is 1.07. The first-order chi connectivity index (χ1) is 5.34. The molecule has 1 N–H and O–H groups in total. The standard InChI is InChI=1S/C9H13NO/c1-2-3-7-10-9(11)8-5-4-6-8/h1,8H,3-7H2,(H,10,11). The lowest BCUT2D eigenvalue weighted by Crippen LogP contribution is -2.34. The highest BCUT2D eigenvalue weighted by atomic mass is 16.1. The average molecular weight is 151 g/mol. The summed E-state index contributed by atoms with van der Waals surface area (Å²) in [6.45, 7) is 0.631. The van der Waals surface area contributed by atoms with E-state index in [0.717, 1.165) is 12.8 Å². The van der Waals surface area contributed by atoms with Crippen molar-refractivity contribution in [3.8, 4) is 12.3 Å². The van der Waals surface area contributed by atoms with Gasteiger partial charge in [0.25, 0.3) is 0 Å². The highest BCUT2D eigenvalue weighted by Crippen LogP contribution is 2.25. The number of rotatable bonds is 3. The first-order valence-electron chi connectivity index (χ1n) is 4.06. The fraction of sp³-hybridized carbons (Fsp3) is 0.667. The molecule has 0 radical (unpaired) electrons. The molecule has 2 heteroatoms. The number of terminal acetylenes is 1. The molecular weight excluding hydrogens is 138 g/mol. The Bertz CT molecular complexity index is 176. The summed E-state index contributed by atoms with van der Waals surface area (Å²) in [5.41, 5.74) is 0. The number of nitrogens with one attached hydrogen (secondary N) is 1. The van der Waals surface area contributed by atoms with Gasteiger partial charge in [-0.2, -0.15) is 0 Å². The van der Waals surface area contributed by atoms with Gasteiger partial charge >= 0.3 is 0 Å². The van der Waals surface area contributed by atoms with Gasteiger partial charge in [-0.25, -0.2) is 0 Å². The van der Waals surface area contributed by atoms with E-state index in [0.29, 0.717) is 13.0 Å². The SMILES string of the molecule is C#CCCNC(=O)C1CCC1. The summed E-state index contributed by atoms with van der Waals surface area (Å²) in [5, 5.41) is 2.80. The molecule has 0 unspecified atom stereocenters. The quantitative estimate of drug-likeness (QED) is 0.472. The van der Waals surface area contributed by atoms with Gasteiger partial charge in [0.1, 0.15) is 0 Å². The zero-order valence-electron chi connectivity index (χ0n) is 6.60. The van der Waals surface area contributed by atoms with Gasteiger partial charge in [-0.05, 0) is 12.8 Å². The van der Waals surface area contributed by atoms with E-state index in [1.807, 2.05) is 0 Å². The summed E-state index contributed by atoms with van der Waals surface area (Å²) in [7, 11) is 0. The van der Waals surface area contributed by atoms with Crippen molar-refractivity contribution >= 4 is 5.91 Å². The molecule has 1 fully saturated rings. The van der Waals surface area contributed by atoms with Crippen LogP contribution in [0.1, 0.15) is 25.7 Å². The van der Waals surface area contributed by atoms with E-state index in [9.17, 15) is 4.79 Å². The van der Waals surface area contributed by atoms with Crippen molar-refractivity contribution in [1.29, 1.82) is 0 Å². The Kier molecular flexibility index (Phi) is 2.97. The largest absolute Gasteiger partial charge is 0.355 e. The van der Waals surface area contributed by atoms with Gasteiger partial charge in [-0.15, -0.1) is 12.3 Å². The number of carbonyl (C=O) groups excluding carboxylic acids is 1. The van der Waals surface area contributed by atoms with E-state index in [2.05, 4.69) is 11.2 Å². The van der Waals surface area contributed by atoms with Gasteiger partial charge in [-0.3, -0.25) is 4.79 Å². The topological polar surface area (TPSA) is 29.1 Å².